The van der Waals surface area contributed by atoms with Gasteiger partial charge in [0.2, 0.25) is 0 Å². The molecule has 3 rings (SSSR count). The highest BCUT2D eigenvalue weighted by atomic mass is 16.5. The van der Waals surface area contributed by atoms with Crippen LogP contribution < -0.4 is 4.74 Å². The molecule has 0 saturated carbocycles. The molecule has 0 radical (unpaired) electrons. The normalized spacial score (nSPS) is 12.3. The number of rotatable bonds is 3. The monoisotopic (exact) mass is 278 g/mol. The first kappa shape index (κ1) is 13.5. The van der Waals surface area contributed by atoms with Gasteiger partial charge in [0.1, 0.15) is 11.5 Å². The van der Waals surface area contributed by atoms with Gasteiger partial charge in [-0.05, 0) is 23.1 Å². The number of hydrogen-bond acceptors (Lipinski definition) is 2. The van der Waals surface area contributed by atoms with Crippen LogP contribution in [-0.4, -0.2) is 12.2 Å². The molecule has 3 aromatic rings. The van der Waals surface area contributed by atoms with E-state index in [0.29, 0.717) is 5.75 Å². The Morgan fingerprint density at radius 2 is 1.76 bits per heavy atom. The van der Waals surface area contributed by atoms with Gasteiger partial charge < -0.3 is 9.84 Å². The summed E-state index contributed by atoms with van der Waals surface area (Å²) in [5.74, 6) is 1.30. The zero-order chi connectivity index (χ0) is 14.8. The van der Waals surface area contributed by atoms with Crippen molar-refractivity contribution in [1.29, 1.82) is 0 Å². The minimum absolute atomic E-state index is 0.102. The van der Waals surface area contributed by atoms with E-state index in [1.54, 1.807) is 7.11 Å². The molecule has 2 heteroatoms. The molecular formula is C19H18O2. The molecule has 0 heterocycles. The molecule has 0 aromatic heterocycles. The van der Waals surface area contributed by atoms with E-state index >= 15 is 0 Å². The molecule has 1 unspecified atom stereocenters. The Hall–Kier alpha value is -2.48. The average Bonchev–Trinajstić information content (AvgIpc) is 2.55. The Labute approximate surface area is 124 Å². The van der Waals surface area contributed by atoms with Gasteiger partial charge in [-0.3, -0.25) is 0 Å². The van der Waals surface area contributed by atoms with E-state index in [4.69, 9.17) is 4.74 Å². The van der Waals surface area contributed by atoms with Crippen LogP contribution in [0.1, 0.15) is 24.0 Å². The van der Waals surface area contributed by atoms with Crippen molar-refractivity contribution in [2.24, 2.45) is 0 Å². The van der Waals surface area contributed by atoms with Crippen molar-refractivity contribution in [1.82, 2.24) is 0 Å². The van der Waals surface area contributed by atoms with Crippen LogP contribution in [0.4, 0.5) is 0 Å². The number of methoxy groups -OCH3 is 1. The van der Waals surface area contributed by atoms with Gasteiger partial charge in [0.25, 0.3) is 0 Å². The molecule has 1 atom stereocenters. The fourth-order valence-electron chi connectivity index (χ4n) is 2.71. The Morgan fingerprint density at radius 3 is 2.57 bits per heavy atom. The molecule has 1 N–H and O–H groups in total. The Morgan fingerprint density at radius 1 is 0.952 bits per heavy atom. The lowest BCUT2D eigenvalue weighted by molar-refractivity contribution is 0.414. The van der Waals surface area contributed by atoms with Crippen molar-refractivity contribution in [3.63, 3.8) is 0 Å². The average molecular weight is 278 g/mol. The zero-order valence-electron chi connectivity index (χ0n) is 12.2. The van der Waals surface area contributed by atoms with E-state index in [-0.39, 0.29) is 5.92 Å². The highest BCUT2D eigenvalue weighted by molar-refractivity contribution is 5.89. The maximum absolute atomic E-state index is 10.6. The lowest BCUT2D eigenvalue weighted by Crippen LogP contribution is -1.97. The molecule has 0 amide bonds. The fraction of sp³-hybridized carbons (Fsp3) is 0.158. The van der Waals surface area contributed by atoms with Gasteiger partial charge >= 0.3 is 0 Å². The quantitative estimate of drug-likeness (QED) is 0.752. The summed E-state index contributed by atoms with van der Waals surface area (Å²) in [7, 11) is 1.66. The first-order valence-corrected chi connectivity index (χ1v) is 7.05. The van der Waals surface area contributed by atoms with Crippen molar-refractivity contribution in [3.05, 3.63) is 71.8 Å². The van der Waals surface area contributed by atoms with Crippen LogP contribution in [0.15, 0.2) is 60.7 Å². The van der Waals surface area contributed by atoms with Crippen molar-refractivity contribution < 1.29 is 9.84 Å². The molecule has 0 aliphatic heterocycles. The van der Waals surface area contributed by atoms with Crippen LogP contribution in [0.25, 0.3) is 10.8 Å². The first-order chi connectivity index (χ1) is 10.2. The minimum Gasteiger partial charge on any atom is -0.507 e. The fourth-order valence-corrected chi connectivity index (χ4v) is 2.71. The topological polar surface area (TPSA) is 29.5 Å². The zero-order valence-corrected chi connectivity index (χ0v) is 12.2. The molecule has 0 aliphatic rings. The van der Waals surface area contributed by atoms with E-state index in [0.717, 1.165) is 27.6 Å². The van der Waals surface area contributed by atoms with E-state index < -0.39 is 0 Å². The molecule has 0 saturated heterocycles. The first-order valence-electron chi connectivity index (χ1n) is 7.05. The summed E-state index contributed by atoms with van der Waals surface area (Å²) in [4.78, 5) is 0. The number of ether oxygens (including phenoxy) is 1. The van der Waals surface area contributed by atoms with Crippen LogP contribution in [0.2, 0.25) is 0 Å². The van der Waals surface area contributed by atoms with Gasteiger partial charge in [0.05, 0.1) is 7.11 Å². The number of aromatic hydroxyl groups is 1. The number of hydrogen-bond donors (Lipinski definition) is 1. The van der Waals surface area contributed by atoms with Crippen LogP contribution in [-0.2, 0) is 0 Å². The third-order valence-electron chi connectivity index (χ3n) is 3.99. The Balaban J connectivity index is 2.08. The van der Waals surface area contributed by atoms with Crippen LogP contribution in [0.5, 0.6) is 11.5 Å². The van der Waals surface area contributed by atoms with Crippen LogP contribution >= 0.6 is 0 Å². The maximum atomic E-state index is 10.6. The number of phenolic OH excluding ortho intramolecular Hbond substituents is 1. The lowest BCUT2D eigenvalue weighted by Gasteiger charge is -2.16. The largest absolute Gasteiger partial charge is 0.507 e. The van der Waals surface area contributed by atoms with Crippen LogP contribution in [0.3, 0.4) is 0 Å². The molecule has 0 spiro atoms. The molecule has 0 bridgehead atoms. The minimum atomic E-state index is 0.102. The van der Waals surface area contributed by atoms with Gasteiger partial charge in [-0.1, -0.05) is 55.5 Å². The number of phenols is 1. The van der Waals surface area contributed by atoms with Crippen molar-refractivity contribution in [3.8, 4) is 11.5 Å². The molecule has 21 heavy (non-hydrogen) atoms. The summed E-state index contributed by atoms with van der Waals surface area (Å²) in [6.45, 7) is 2.10. The van der Waals surface area contributed by atoms with Gasteiger partial charge in [0, 0.05) is 16.9 Å². The maximum Gasteiger partial charge on any atom is 0.127 e. The SMILES string of the molecule is COc1cccc(C(C)c2ccc3ccccc3c2O)c1. The van der Waals surface area contributed by atoms with E-state index in [9.17, 15) is 5.11 Å². The van der Waals surface area contributed by atoms with Crippen molar-refractivity contribution in [2.75, 3.05) is 7.11 Å². The summed E-state index contributed by atoms with van der Waals surface area (Å²) >= 11 is 0. The van der Waals surface area contributed by atoms with E-state index in [2.05, 4.69) is 19.1 Å². The summed E-state index contributed by atoms with van der Waals surface area (Å²) in [6.07, 6.45) is 0. The summed E-state index contributed by atoms with van der Waals surface area (Å²) in [5.41, 5.74) is 2.06. The summed E-state index contributed by atoms with van der Waals surface area (Å²) < 4.78 is 5.28. The third-order valence-corrected chi connectivity index (χ3v) is 3.99. The predicted octanol–water partition coefficient (Wildman–Crippen LogP) is 4.71. The molecular weight excluding hydrogens is 260 g/mol. The second-order valence-corrected chi connectivity index (χ2v) is 5.22. The second-order valence-electron chi connectivity index (χ2n) is 5.22. The predicted molar refractivity (Wildman–Crippen MR) is 86.1 cm³/mol. The molecule has 0 fully saturated rings. The van der Waals surface area contributed by atoms with Gasteiger partial charge in [0.15, 0.2) is 0 Å². The molecule has 0 aliphatic carbocycles. The standard InChI is InChI=1S/C19H18O2/c1-13(15-7-5-8-16(12-15)21-2)17-11-10-14-6-3-4-9-18(14)19(17)20/h3-13,20H,1-2H3. The number of fused-ring (bicyclic) bond motifs is 1. The molecule has 2 nitrogen and oxygen atoms in total. The lowest BCUT2D eigenvalue weighted by atomic mass is 9.90. The highest BCUT2D eigenvalue weighted by Crippen LogP contribution is 2.36. The molecule has 106 valence electrons. The van der Waals surface area contributed by atoms with Crippen molar-refractivity contribution >= 4 is 10.8 Å². The Bertz CT molecular complexity index is 777. The van der Waals surface area contributed by atoms with Crippen LogP contribution in [0, 0.1) is 0 Å². The summed E-state index contributed by atoms with van der Waals surface area (Å²) in [5, 5.41) is 12.5. The highest BCUT2D eigenvalue weighted by Gasteiger charge is 2.15. The molecule has 3 aromatic carbocycles. The summed E-state index contributed by atoms with van der Waals surface area (Å²) in [6, 6.07) is 19.9. The van der Waals surface area contributed by atoms with Gasteiger partial charge in [-0.15, -0.1) is 0 Å². The van der Waals surface area contributed by atoms with Gasteiger partial charge in [-0.25, -0.2) is 0 Å². The van der Waals surface area contributed by atoms with Crippen molar-refractivity contribution in [2.45, 2.75) is 12.8 Å². The number of benzene rings is 3. The Kier molecular flexibility index (Phi) is 3.53. The van der Waals surface area contributed by atoms with Gasteiger partial charge in [-0.2, -0.15) is 0 Å². The van der Waals surface area contributed by atoms with E-state index in [1.807, 2.05) is 48.5 Å². The third kappa shape index (κ3) is 2.45. The smallest absolute Gasteiger partial charge is 0.127 e. The second kappa shape index (κ2) is 5.49. The van der Waals surface area contributed by atoms with E-state index in [1.165, 1.54) is 0 Å².